The van der Waals surface area contributed by atoms with Crippen LogP contribution < -0.4 is 10.2 Å². The summed E-state index contributed by atoms with van der Waals surface area (Å²) in [5, 5.41) is 3.43. The van der Waals surface area contributed by atoms with Gasteiger partial charge in [-0.25, -0.2) is 4.98 Å². The van der Waals surface area contributed by atoms with Crippen molar-refractivity contribution in [2.24, 2.45) is 0 Å². The van der Waals surface area contributed by atoms with Gasteiger partial charge in [-0.15, -0.1) is 0 Å². The maximum absolute atomic E-state index is 5.67. The Kier molecular flexibility index (Phi) is 2.98. The van der Waals surface area contributed by atoms with Gasteiger partial charge in [-0.1, -0.05) is 18.3 Å². The summed E-state index contributed by atoms with van der Waals surface area (Å²) in [6.45, 7) is 6.17. The van der Waals surface area contributed by atoms with Gasteiger partial charge in [-0.2, -0.15) is 0 Å². The van der Waals surface area contributed by atoms with Crippen molar-refractivity contribution in [1.29, 1.82) is 0 Å². The lowest BCUT2D eigenvalue weighted by Crippen LogP contribution is -2.25. The van der Waals surface area contributed by atoms with Gasteiger partial charge in [0.15, 0.2) is 0 Å². The van der Waals surface area contributed by atoms with E-state index in [9.17, 15) is 0 Å². The summed E-state index contributed by atoms with van der Waals surface area (Å²) in [5.74, 6) is 0.849. The number of aryl methyl sites for hydroxylation is 3. The van der Waals surface area contributed by atoms with Crippen LogP contribution in [0.4, 0.5) is 17.2 Å². The highest BCUT2D eigenvalue weighted by Gasteiger charge is 2.23. The topological polar surface area (TPSA) is 28.2 Å². The first kappa shape index (κ1) is 13.1. The van der Waals surface area contributed by atoms with E-state index in [-0.39, 0.29) is 0 Å². The van der Waals surface area contributed by atoms with Gasteiger partial charge in [0.05, 0.1) is 16.9 Å². The van der Waals surface area contributed by atoms with Crippen molar-refractivity contribution < 1.29 is 0 Å². The molecule has 2 heterocycles. The van der Waals surface area contributed by atoms with Gasteiger partial charge in [-0.3, -0.25) is 0 Å². The van der Waals surface area contributed by atoms with Crippen LogP contribution in [-0.2, 0) is 0 Å². The van der Waals surface area contributed by atoms with E-state index < -0.39 is 0 Å². The summed E-state index contributed by atoms with van der Waals surface area (Å²) in [7, 11) is 2.01. The molecule has 4 heteroatoms. The lowest BCUT2D eigenvalue weighted by molar-refractivity contribution is 1.17. The fourth-order valence-corrected chi connectivity index (χ4v) is 2.98. The third kappa shape index (κ3) is 1.96. The highest BCUT2D eigenvalue weighted by Crippen LogP contribution is 2.36. The first-order chi connectivity index (χ1) is 9.47. The molecule has 0 amide bonds. The van der Waals surface area contributed by atoms with Gasteiger partial charge < -0.3 is 10.2 Å². The summed E-state index contributed by atoms with van der Waals surface area (Å²) in [5.41, 5.74) is 6.51. The van der Waals surface area contributed by atoms with E-state index in [1.165, 1.54) is 5.56 Å². The summed E-state index contributed by atoms with van der Waals surface area (Å²) < 4.78 is 0. The number of fused-ring (bicyclic) bond motifs is 2. The molecule has 2 aromatic rings. The standard InChI is InChI=1S/C16H17N3S/c1-9-5-6-12-13(7-9)19(4)16(20)14-10(2)8-11(3)17-15(14)18-12/h5-8H,1-4H3,(H,17,18). The number of benzene rings is 1. The monoisotopic (exact) mass is 283 g/mol. The minimum Gasteiger partial charge on any atom is -0.338 e. The van der Waals surface area contributed by atoms with Crippen LogP contribution in [0.15, 0.2) is 24.3 Å². The van der Waals surface area contributed by atoms with Gasteiger partial charge in [-0.05, 0) is 50.1 Å². The van der Waals surface area contributed by atoms with Gasteiger partial charge in [0, 0.05) is 12.7 Å². The predicted octanol–water partition coefficient (Wildman–Crippen LogP) is 3.88. The van der Waals surface area contributed by atoms with Crippen molar-refractivity contribution in [3.63, 3.8) is 0 Å². The van der Waals surface area contributed by atoms with Crippen molar-refractivity contribution in [3.8, 4) is 0 Å². The van der Waals surface area contributed by atoms with Crippen LogP contribution in [0.25, 0.3) is 0 Å². The molecule has 3 rings (SSSR count). The van der Waals surface area contributed by atoms with Crippen molar-refractivity contribution in [2.45, 2.75) is 20.8 Å². The Morgan fingerprint density at radius 3 is 2.65 bits per heavy atom. The molecule has 0 spiro atoms. The number of nitrogens with one attached hydrogen (secondary N) is 1. The molecule has 0 aliphatic carbocycles. The van der Waals surface area contributed by atoms with Gasteiger partial charge in [0.25, 0.3) is 0 Å². The summed E-state index contributed by atoms with van der Waals surface area (Å²) in [6.07, 6.45) is 0. The molecule has 0 saturated heterocycles. The molecule has 0 fully saturated rings. The predicted molar refractivity (Wildman–Crippen MR) is 88.3 cm³/mol. The van der Waals surface area contributed by atoms with E-state index in [4.69, 9.17) is 12.2 Å². The molecule has 0 radical (unpaired) electrons. The van der Waals surface area contributed by atoms with Crippen molar-refractivity contribution in [2.75, 3.05) is 17.3 Å². The van der Waals surface area contributed by atoms with E-state index in [2.05, 4.69) is 53.3 Å². The van der Waals surface area contributed by atoms with Crippen LogP contribution in [0, 0.1) is 20.8 Å². The number of thiocarbonyl (C=S) groups is 1. The normalized spacial score (nSPS) is 13.4. The number of nitrogens with zero attached hydrogens (tertiary/aromatic N) is 2. The first-order valence-corrected chi connectivity index (χ1v) is 7.02. The number of hydrogen-bond donors (Lipinski definition) is 1. The zero-order valence-corrected chi connectivity index (χ0v) is 12.9. The quantitative estimate of drug-likeness (QED) is 0.743. The van der Waals surface area contributed by atoms with E-state index in [1.807, 2.05) is 14.0 Å². The van der Waals surface area contributed by atoms with E-state index in [1.54, 1.807) is 0 Å². The van der Waals surface area contributed by atoms with Gasteiger partial charge in [0.2, 0.25) is 0 Å². The van der Waals surface area contributed by atoms with Crippen molar-refractivity contribution in [1.82, 2.24) is 4.98 Å². The van der Waals surface area contributed by atoms with Crippen LogP contribution in [0.1, 0.15) is 22.4 Å². The average Bonchev–Trinajstić information content (AvgIpc) is 2.47. The Hall–Kier alpha value is -1.94. The maximum atomic E-state index is 5.67. The van der Waals surface area contributed by atoms with E-state index in [0.717, 1.165) is 39.0 Å². The molecule has 0 unspecified atom stereocenters. The Labute approximate surface area is 124 Å². The van der Waals surface area contributed by atoms with Gasteiger partial charge >= 0.3 is 0 Å². The average molecular weight is 283 g/mol. The number of rotatable bonds is 0. The SMILES string of the molecule is Cc1ccc2c(c1)N(C)C(=S)c1c(C)cc(C)nc1N2. The molecule has 1 aliphatic heterocycles. The molecule has 1 aromatic heterocycles. The Bertz CT molecular complexity index is 722. The lowest BCUT2D eigenvalue weighted by atomic mass is 10.1. The third-order valence-corrected chi connectivity index (χ3v) is 4.11. The molecule has 1 aliphatic rings. The van der Waals surface area contributed by atoms with E-state index >= 15 is 0 Å². The molecular weight excluding hydrogens is 266 g/mol. The maximum Gasteiger partial charge on any atom is 0.141 e. The minimum absolute atomic E-state index is 0.807. The van der Waals surface area contributed by atoms with Crippen LogP contribution in [0.2, 0.25) is 0 Å². The smallest absolute Gasteiger partial charge is 0.141 e. The number of pyridine rings is 1. The van der Waals surface area contributed by atoms with Crippen LogP contribution >= 0.6 is 12.2 Å². The largest absolute Gasteiger partial charge is 0.338 e. The first-order valence-electron chi connectivity index (χ1n) is 6.61. The molecular formula is C16H17N3S. The molecule has 0 atom stereocenters. The summed E-state index contributed by atoms with van der Waals surface area (Å²) >= 11 is 5.67. The van der Waals surface area contributed by atoms with E-state index in [0.29, 0.717) is 0 Å². The van der Waals surface area contributed by atoms with Crippen LogP contribution in [0.5, 0.6) is 0 Å². The zero-order valence-electron chi connectivity index (χ0n) is 12.1. The molecule has 20 heavy (non-hydrogen) atoms. The number of anilines is 3. The van der Waals surface area contributed by atoms with Crippen LogP contribution in [0.3, 0.4) is 0 Å². The minimum atomic E-state index is 0.807. The van der Waals surface area contributed by atoms with Gasteiger partial charge in [0.1, 0.15) is 10.8 Å². The summed E-state index contributed by atoms with van der Waals surface area (Å²) in [4.78, 5) is 7.48. The highest BCUT2D eigenvalue weighted by molar-refractivity contribution is 7.81. The second-order valence-corrected chi connectivity index (χ2v) is 5.70. The second kappa shape index (κ2) is 4.56. The van der Waals surface area contributed by atoms with Crippen LogP contribution in [-0.4, -0.2) is 17.0 Å². The molecule has 0 saturated carbocycles. The Morgan fingerprint density at radius 2 is 1.90 bits per heavy atom. The Morgan fingerprint density at radius 1 is 1.15 bits per heavy atom. The molecule has 1 N–H and O–H groups in total. The highest BCUT2D eigenvalue weighted by atomic mass is 32.1. The fourth-order valence-electron chi connectivity index (χ4n) is 2.63. The second-order valence-electron chi connectivity index (χ2n) is 5.31. The Balaban J connectivity index is 2.27. The molecule has 3 nitrogen and oxygen atoms in total. The fraction of sp³-hybridized carbons (Fsp3) is 0.250. The summed E-state index contributed by atoms with van der Waals surface area (Å²) in [6, 6.07) is 8.39. The molecule has 0 bridgehead atoms. The number of aromatic nitrogens is 1. The van der Waals surface area contributed by atoms with Crippen molar-refractivity contribution >= 4 is 34.4 Å². The molecule has 102 valence electrons. The zero-order chi connectivity index (χ0) is 14.4. The number of hydrogen-bond acceptors (Lipinski definition) is 3. The van der Waals surface area contributed by atoms with Crippen molar-refractivity contribution in [3.05, 3.63) is 46.6 Å². The molecule has 1 aromatic carbocycles. The third-order valence-electron chi connectivity index (χ3n) is 3.63. The lowest BCUT2D eigenvalue weighted by Gasteiger charge is -2.20.